The fraction of sp³-hybridized carbons (Fsp3) is 0.750. The van der Waals surface area contributed by atoms with Crippen molar-refractivity contribution in [3.8, 4) is 0 Å². The molecule has 1 fully saturated rings. The van der Waals surface area contributed by atoms with Crippen LogP contribution >= 0.6 is 0 Å². The monoisotopic (exact) mass is 208 g/mol. The molecule has 0 bridgehead atoms. The summed E-state index contributed by atoms with van der Waals surface area (Å²) in [5.74, 6) is 2.43. The van der Waals surface area contributed by atoms with Crippen LogP contribution in [0.1, 0.15) is 49.8 Å². The van der Waals surface area contributed by atoms with Crippen molar-refractivity contribution in [3.05, 3.63) is 11.3 Å². The van der Waals surface area contributed by atoms with E-state index in [9.17, 15) is 0 Å². The summed E-state index contributed by atoms with van der Waals surface area (Å²) in [6.45, 7) is 1.99. The van der Waals surface area contributed by atoms with Crippen molar-refractivity contribution in [1.82, 2.24) is 5.16 Å². The van der Waals surface area contributed by atoms with E-state index in [0.717, 1.165) is 23.7 Å². The van der Waals surface area contributed by atoms with Crippen molar-refractivity contribution >= 4 is 5.82 Å². The summed E-state index contributed by atoms with van der Waals surface area (Å²) < 4.78 is 5.21. The maximum absolute atomic E-state index is 5.64. The molecule has 1 aromatic heterocycles. The number of nitrogens with zero attached hydrogens (tertiary/aromatic N) is 1. The molecule has 1 aliphatic rings. The van der Waals surface area contributed by atoms with E-state index in [-0.39, 0.29) is 0 Å². The summed E-state index contributed by atoms with van der Waals surface area (Å²) in [6.07, 6.45) is 9.25. The topological polar surface area (TPSA) is 52.0 Å². The Balaban J connectivity index is 1.84. The molecule has 84 valence electrons. The summed E-state index contributed by atoms with van der Waals surface area (Å²) in [5.41, 5.74) is 6.68. The number of hydrogen-bond donors (Lipinski definition) is 1. The highest BCUT2D eigenvalue weighted by Gasteiger charge is 2.15. The van der Waals surface area contributed by atoms with Gasteiger partial charge in [-0.05, 0) is 19.3 Å². The van der Waals surface area contributed by atoms with Gasteiger partial charge in [-0.2, -0.15) is 0 Å². The number of nitrogen functional groups attached to an aromatic ring is 1. The SMILES string of the molecule is Cc1c(N)noc1CCC1CCCCC1. The highest BCUT2D eigenvalue weighted by molar-refractivity contribution is 5.38. The molecule has 2 N–H and O–H groups in total. The number of rotatable bonds is 3. The molecule has 0 aromatic carbocycles. The van der Waals surface area contributed by atoms with E-state index in [4.69, 9.17) is 10.3 Å². The third kappa shape index (κ3) is 2.52. The Labute approximate surface area is 91.0 Å². The fourth-order valence-corrected chi connectivity index (χ4v) is 2.43. The minimum absolute atomic E-state index is 0.550. The molecule has 0 saturated heterocycles. The minimum atomic E-state index is 0.550. The van der Waals surface area contributed by atoms with Crippen molar-refractivity contribution < 1.29 is 4.52 Å². The zero-order chi connectivity index (χ0) is 10.7. The molecule has 0 spiro atoms. The maximum atomic E-state index is 5.64. The van der Waals surface area contributed by atoms with Crippen molar-refractivity contribution in [2.24, 2.45) is 5.92 Å². The van der Waals surface area contributed by atoms with E-state index < -0.39 is 0 Å². The molecular weight excluding hydrogens is 188 g/mol. The Kier molecular flexibility index (Phi) is 3.29. The Hall–Kier alpha value is -0.990. The van der Waals surface area contributed by atoms with Gasteiger partial charge in [-0.3, -0.25) is 0 Å². The molecule has 1 aliphatic carbocycles. The van der Waals surface area contributed by atoms with Crippen molar-refractivity contribution in [2.75, 3.05) is 5.73 Å². The molecule has 0 unspecified atom stereocenters. The maximum Gasteiger partial charge on any atom is 0.169 e. The molecule has 0 aliphatic heterocycles. The van der Waals surface area contributed by atoms with Crippen molar-refractivity contribution in [2.45, 2.75) is 51.9 Å². The minimum Gasteiger partial charge on any atom is -0.381 e. The van der Waals surface area contributed by atoms with E-state index >= 15 is 0 Å². The fourth-order valence-electron chi connectivity index (χ4n) is 2.43. The largest absolute Gasteiger partial charge is 0.381 e. The highest BCUT2D eigenvalue weighted by Crippen LogP contribution is 2.28. The lowest BCUT2D eigenvalue weighted by Gasteiger charge is -2.20. The first-order valence-corrected chi connectivity index (χ1v) is 5.98. The van der Waals surface area contributed by atoms with E-state index in [2.05, 4.69) is 5.16 Å². The Morgan fingerprint density at radius 3 is 2.67 bits per heavy atom. The van der Waals surface area contributed by atoms with E-state index in [1.54, 1.807) is 0 Å². The zero-order valence-corrected chi connectivity index (χ0v) is 9.46. The average Bonchev–Trinajstić information content (AvgIpc) is 2.59. The summed E-state index contributed by atoms with van der Waals surface area (Å²) in [7, 11) is 0. The molecule has 3 heteroatoms. The van der Waals surface area contributed by atoms with Crippen LogP contribution in [-0.2, 0) is 6.42 Å². The molecule has 0 atom stereocenters. The van der Waals surface area contributed by atoms with Gasteiger partial charge in [0.25, 0.3) is 0 Å². The van der Waals surface area contributed by atoms with Gasteiger partial charge in [0, 0.05) is 12.0 Å². The Morgan fingerprint density at radius 1 is 1.33 bits per heavy atom. The normalized spacial score (nSPS) is 18.2. The zero-order valence-electron chi connectivity index (χ0n) is 9.46. The smallest absolute Gasteiger partial charge is 0.169 e. The number of aromatic nitrogens is 1. The van der Waals surface area contributed by atoms with Gasteiger partial charge in [0.1, 0.15) is 5.76 Å². The molecular formula is C12H20N2O. The average molecular weight is 208 g/mol. The summed E-state index contributed by atoms with van der Waals surface area (Å²) in [6, 6.07) is 0. The second-order valence-electron chi connectivity index (χ2n) is 4.66. The lowest BCUT2D eigenvalue weighted by Crippen LogP contribution is -2.07. The predicted molar refractivity (Wildman–Crippen MR) is 60.5 cm³/mol. The lowest BCUT2D eigenvalue weighted by atomic mass is 9.86. The summed E-state index contributed by atoms with van der Waals surface area (Å²) in [5, 5.41) is 3.78. The van der Waals surface area contributed by atoms with Crippen LogP contribution in [0, 0.1) is 12.8 Å². The first-order chi connectivity index (χ1) is 7.27. The number of nitrogens with two attached hydrogens (primary N) is 1. The quantitative estimate of drug-likeness (QED) is 0.830. The molecule has 3 nitrogen and oxygen atoms in total. The molecule has 2 rings (SSSR count). The van der Waals surface area contributed by atoms with Gasteiger partial charge in [-0.1, -0.05) is 37.3 Å². The van der Waals surface area contributed by atoms with E-state index in [1.807, 2.05) is 6.92 Å². The third-order valence-electron chi connectivity index (χ3n) is 3.56. The van der Waals surface area contributed by atoms with Crippen LogP contribution < -0.4 is 5.73 Å². The molecule has 0 radical (unpaired) electrons. The first kappa shape index (κ1) is 10.5. The standard InChI is InChI=1S/C12H20N2O/c1-9-11(15-14-12(9)13)8-7-10-5-3-2-4-6-10/h10H,2-8H2,1H3,(H2,13,14). The number of aryl methyl sites for hydroxylation is 1. The van der Waals surface area contributed by atoms with E-state index in [0.29, 0.717) is 5.82 Å². The van der Waals surface area contributed by atoms with Crippen LogP contribution in [-0.4, -0.2) is 5.16 Å². The summed E-state index contributed by atoms with van der Waals surface area (Å²) >= 11 is 0. The van der Waals surface area contributed by atoms with Gasteiger partial charge >= 0.3 is 0 Å². The van der Waals surface area contributed by atoms with Crippen molar-refractivity contribution in [1.29, 1.82) is 0 Å². The molecule has 1 aromatic rings. The van der Waals surface area contributed by atoms with Crippen molar-refractivity contribution in [3.63, 3.8) is 0 Å². The van der Waals surface area contributed by atoms with Gasteiger partial charge in [0.2, 0.25) is 0 Å². The van der Waals surface area contributed by atoms with Gasteiger partial charge in [0.05, 0.1) is 0 Å². The Morgan fingerprint density at radius 2 is 2.07 bits per heavy atom. The van der Waals surface area contributed by atoms with Crippen LogP contribution in [0.5, 0.6) is 0 Å². The second kappa shape index (κ2) is 4.69. The van der Waals surface area contributed by atoms with Gasteiger partial charge in [-0.25, -0.2) is 0 Å². The van der Waals surface area contributed by atoms with Crippen LogP contribution in [0.2, 0.25) is 0 Å². The summed E-state index contributed by atoms with van der Waals surface area (Å²) in [4.78, 5) is 0. The van der Waals surface area contributed by atoms with Gasteiger partial charge in [-0.15, -0.1) is 0 Å². The number of anilines is 1. The lowest BCUT2D eigenvalue weighted by molar-refractivity contribution is 0.317. The molecule has 15 heavy (non-hydrogen) atoms. The molecule has 1 heterocycles. The van der Waals surface area contributed by atoms with Gasteiger partial charge < -0.3 is 10.3 Å². The molecule has 1 saturated carbocycles. The first-order valence-electron chi connectivity index (χ1n) is 5.98. The van der Waals surface area contributed by atoms with Gasteiger partial charge in [0.15, 0.2) is 5.82 Å². The predicted octanol–water partition coefficient (Wildman–Crippen LogP) is 3.08. The van der Waals surface area contributed by atoms with E-state index in [1.165, 1.54) is 38.5 Å². The van der Waals surface area contributed by atoms with Crippen LogP contribution in [0.3, 0.4) is 0 Å². The second-order valence-corrected chi connectivity index (χ2v) is 4.66. The van der Waals surface area contributed by atoms with Crippen LogP contribution in [0.4, 0.5) is 5.82 Å². The van der Waals surface area contributed by atoms with Crippen LogP contribution in [0.25, 0.3) is 0 Å². The van der Waals surface area contributed by atoms with Crippen LogP contribution in [0.15, 0.2) is 4.52 Å². The Bertz CT molecular complexity index is 313. The molecule has 0 amide bonds. The highest BCUT2D eigenvalue weighted by atomic mass is 16.5. The third-order valence-corrected chi connectivity index (χ3v) is 3.56. The number of hydrogen-bond acceptors (Lipinski definition) is 3.